The zero-order chi connectivity index (χ0) is 19.7. The Morgan fingerprint density at radius 1 is 1.07 bits per heavy atom. The highest BCUT2D eigenvalue weighted by atomic mass is 32.2. The van der Waals surface area contributed by atoms with E-state index in [2.05, 4.69) is 16.8 Å². The Morgan fingerprint density at radius 2 is 1.82 bits per heavy atom. The molecule has 0 bridgehead atoms. The van der Waals surface area contributed by atoms with E-state index in [-0.39, 0.29) is 12.1 Å². The van der Waals surface area contributed by atoms with Crippen molar-refractivity contribution >= 4 is 16.9 Å². The number of hydrogen-bond donors (Lipinski definition) is 0. The van der Waals surface area contributed by atoms with Crippen molar-refractivity contribution in [1.29, 1.82) is 0 Å². The van der Waals surface area contributed by atoms with E-state index in [9.17, 15) is 0 Å². The third kappa shape index (κ3) is 3.07. The minimum Gasteiger partial charge on any atom is -0.496 e. The largest absolute Gasteiger partial charge is 0.496 e. The zero-order valence-electron chi connectivity index (χ0n) is 16.6. The van der Waals surface area contributed by atoms with Gasteiger partial charge in [-0.1, -0.05) is 24.8 Å². The van der Waals surface area contributed by atoms with Crippen molar-refractivity contribution in [3.05, 3.63) is 47.8 Å². The van der Waals surface area contributed by atoms with Gasteiger partial charge in [0.05, 0.1) is 33.1 Å². The minimum absolute atomic E-state index is 0.000365. The fourth-order valence-electron chi connectivity index (χ4n) is 3.97. The van der Waals surface area contributed by atoms with Crippen LogP contribution in [0.3, 0.4) is 0 Å². The van der Waals surface area contributed by atoms with Crippen molar-refractivity contribution in [1.82, 2.24) is 9.88 Å². The van der Waals surface area contributed by atoms with Crippen molar-refractivity contribution in [3.63, 3.8) is 0 Å². The first-order valence-electron chi connectivity index (χ1n) is 9.41. The number of thioether (sulfide) groups is 1. The maximum Gasteiger partial charge on any atom is 0.164 e. The lowest BCUT2D eigenvalue weighted by Crippen LogP contribution is -2.35. The fourth-order valence-corrected chi connectivity index (χ4v) is 5.31. The van der Waals surface area contributed by atoms with Crippen LogP contribution in [0.5, 0.6) is 17.2 Å². The van der Waals surface area contributed by atoms with Gasteiger partial charge in [-0.15, -0.1) is 0 Å². The van der Waals surface area contributed by atoms with Gasteiger partial charge in [-0.05, 0) is 24.6 Å². The first kappa shape index (κ1) is 18.9. The van der Waals surface area contributed by atoms with Crippen LogP contribution in [-0.2, 0) is 0 Å². The van der Waals surface area contributed by atoms with Crippen molar-refractivity contribution in [2.75, 3.05) is 27.1 Å². The average Bonchev–Trinajstić information content (AvgIpc) is 3.32. The Balaban J connectivity index is 1.87. The van der Waals surface area contributed by atoms with Gasteiger partial charge in [0.2, 0.25) is 0 Å². The topological polar surface area (TPSA) is 56.2 Å². The van der Waals surface area contributed by atoms with Crippen molar-refractivity contribution < 1.29 is 14.2 Å². The number of amidine groups is 1. The summed E-state index contributed by atoms with van der Waals surface area (Å²) in [5.74, 6) is 3.16. The number of aromatic nitrogens is 1. The van der Waals surface area contributed by atoms with Crippen LogP contribution in [-0.4, -0.2) is 48.2 Å². The summed E-state index contributed by atoms with van der Waals surface area (Å²) in [7, 11) is 4.98. The summed E-state index contributed by atoms with van der Waals surface area (Å²) in [4.78, 5) is 12.1. The number of hydrogen-bond acceptors (Lipinski definition) is 7. The number of fused-ring (bicyclic) bond motifs is 1. The van der Waals surface area contributed by atoms with Crippen LogP contribution in [0.1, 0.15) is 36.7 Å². The number of benzene rings is 1. The minimum atomic E-state index is -0.0925. The third-order valence-electron chi connectivity index (χ3n) is 5.38. The molecule has 1 saturated heterocycles. The number of nitrogens with zero attached hydrogens (tertiary/aromatic N) is 3. The maximum absolute atomic E-state index is 5.76. The molecule has 4 rings (SSSR count). The molecule has 0 spiro atoms. The van der Waals surface area contributed by atoms with Gasteiger partial charge < -0.3 is 19.1 Å². The molecule has 0 radical (unpaired) electrons. The predicted molar refractivity (Wildman–Crippen MR) is 112 cm³/mol. The Hall–Kier alpha value is -2.41. The molecular formula is C21H25N3O3S. The van der Waals surface area contributed by atoms with E-state index < -0.39 is 0 Å². The van der Waals surface area contributed by atoms with E-state index in [1.165, 1.54) is 0 Å². The first-order chi connectivity index (χ1) is 13.7. The summed E-state index contributed by atoms with van der Waals surface area (Å²) in [5.41, 5.74) is 2.00. The molecule has 0 N–H and O–H groups in total. The lowest BCUT2D eigenvalue weighted by Gasteiger charge is -2.33. The molecule has 6 nitrogen and oxygen atoms in total. The molecule has 0 unspecified atom stereocenters. The lowest BCUT2D eigenvalue weighted by molar-refractivity contribution is 0.247. The summed E-state index contributed by atoms with van der Waals surface area (Å²) in [6.07, 6.45) is 2.89. The van der Waals surface area contributed by atoms with Crippen LogP contribution in [0.25, 0.3) is 0 Å². The number of pyridine rings is 1. The second-order valence-corrected chi connectivity index (χ2v) is 7.77. The Kier molecular flexibility index (Phi) is 5.35. The molecule has 0 amide bonds. The Labute approximate surface area is 169 Å². The molecule has 2 aromatic rings. The SMILES string of the molecule is CC[C@@H]1CSC2=N[C@@H](c3ccccn3)[C@H](c3cc(OC)c(OC)cc3OC)N21. The second-order valence-electron chi connectivity index (χ2n) is 6.79. The smallest absolute Gasteiger partial charge is 0.164 e. The molecule has 1 aromatic heterocycles. The molecule has 1 fully saturated rings. The number of aliphatic imine (C=N–C) groups is 1. The second kappa shape index (κ2) is 7.91. The summed E-state index contributed by atoms with van der Waals surface area (Å²) in [6.45, 7) is 2.23. The zero-order valence-corrected chi connectivity index (χ0v) is 17.4. The molecule has 148 valence electrons. The monoisotopic (exact) mass is 399 g/mol. The van der Waals surface area contributed by atoms with Crippen LogP contribution in [0.2, 0.25) is 0 Å². The molecular weight excluding hydrogens is 374 g/mol. The molecule has 2 aliphatic heterocycles. The van der Waals surface area contributed by atoms with Crippen LogP contribution in [0.15, 0.2) is 41.5 Å². The van der Waals surface area contributed by atoms with E-state index in [0.717, 1.165) is 34.3 Å². The van der Waals surface area contributed by atoms with Crippen LogP contribution >= 0.6 is 11.8 Å². The van der Waals surface area contributed by atoms with Gasteiger partial charge in [0.25, 0.3) is 0 Å². The number of methoxy groups -OCH3 is 3. The number of rotatable bonds is 6. The predicted octanol–water partition coefficient (Wildman–Crippen LogP) is 4.09. The van der Waals surface area contributed by atoms with Gasteiger partial charge in [0, 0.05) is 29.6 Å². The normalized spacial score (nSPS) is 23.4. The van der Waals surface area contributed by atoms with E-state index in [4.69, 9.17) is 19.2 Å². The molecule has 3 atom stereocenters. The molecule has 7 heteroatoms. The van der Waals surface area contributed by atoms with E-state index in [1.807, 2.05) is 48.3 Å². The van der Waals surface area contributed by atoms with Crippen molar-refractivity contribution in [2.45, 2.75) is 31.5 Å². The van der Waals surface area contributed by atoms with Crippen molar-refractivity contribution in [3.8, 4) is 17.2 Å². The molecule has 0 aliphatic carbocycles. The quantitative estimate of drug-likeness (QED) is 0.729. The highest BCUT2D eigenvalue weighted by molar-refractivity contribution is 8.14. The van der Waals surface area contributed by atoms with Crippen LogP contribution in [0, 0.1) is 0 Å². The standard InChI is InChI=1S/C21H25N3O3S/c1-5-13-12-28-21-23-19(15-8-6-7-9-22-15)20(24(13)21)14-10-17(26-3)18(27-4)11-16(14)25-2/h6-11,13,19-20H,5,12H2,1-4H3/t13-,19+,20+/m1/s1. The summed E-state index contributed by atoms with van der Waals surface area (Å²) < 4.78 is 16.8. The third-order valence-corrected chi connectivity index (χ3v) is 6.51. The van der Waals surface area contributed by atoms with Crippen LogP contribution in [0.4, 0.5) is 0 Å². The molecule has 3 heterocycles. The number of ether oxygens (including phenoxy) is 3. The van der Waals surface area contributed by atoms with E-state index >= 15 is 0 Å². The van der Waals surface area contributed by atoms with Gasteiger partial charge in [0.15, 0.2) is 16.7 Å². The molecule has 0 saturated carbocycles. The molecule has 28 heavy (non-hydrogen) atoms. The van der Waals surface area contributed by atoms with E-state index in [1.54, 1.807) is 21.3 Å². The van der Waals surface area contributed by atoms with Crippen molar-refractivity contribution in [2.24, 2.45) is 4.99 Å². The van der Waals surface area contributed by atoms with Gasteiger partial charge in [-0.2, -0.15) is 0 Å². The maximum atomic E-state index is 5.76. The van der Waals surface area contributed by atoms with Crippen LogP contribution < -0.4 is 14.2 Å². The van der Waals surface area contributed by atoms with Gasteiger partial charge in [-0.25, -0.2) is 0 Å². The Bertz CT molecular complexity index is 875. The Morgan fingerprint density at radius 3 is 2.46 bits per heavy atom. The molecule has 1 aromatic carbocycles. The highest BCUT2D eigenvalue weighted by Crippen LogP contribution is 2.52. The van der Waals surface area contributed by atoms with Gasteiger partial charge in [-0.3, -0.25) is 9.98 Å². The van der Waals surface area contributed by atoms with Gasteiger partial charge in [0.1, 0.15) is 11.8 Å². The summed E-state index contributed by atoms with van der Waals surface area (Å²) in [5, 5.41) is 1.09. The first-order valence-corrected chi connectivity index (χ1v) is 10.4. The fraction of sp³-hybridized carbons (Fsp3) is 0.429. The molecule has 2 aliphatic rings. The summed E-state index contributed by atoms with van der Waals surface area (Å²) in [6, 6.07) is 10.2. The lowest BCUT2D eigenvalue weighted by atomic mass is 9.94. The highest BCUT2D eigenvalue weighted by Gasteiger charge is 2.46. The average molecular weight is 400 g/mol. The van der Waals surface area contributed by atoms with E-state index in [0.29, 0.717) is 17.5 Å². The summed E-state index contributed by atoms with van der Waals surface area (Å²) >= 11 is 1.82. The van der Waals surface area contributed by atoms with Gasteiger partial charge >= 0.3 is 0 Å².